The smallest absolute Gasteiger partial charge is 0.341 e. The topological polar surface area (TPSA) is 86.5 Å². The molecule has 2 aromatic rings. The van der Waals surface area contributed by atoms with E-state index in [1.54, 1.807) is 0 Å². The lowest BCUT2D eigenvalue weighted by Crippen LogP contribution is -2.14. The van der Waals surface area contributed by atoms with Crippen molar-refractivity contribution in [2.24, 2.45) is 5.14 Å². The Labute approximate surface area is 140 Å². The molecule has 0 aromatic heterocycles. The van der Waals surface area contributed by atoms with Gasteiger partial charge in [0.1, 0.15) is 12.4 Å². The number of carbonyl (C=O) groups is 1. The van der Waals surface area contributed by atoms with Gasteiger partial charge in [0.15, 0.2) is 0 Å². The van der Waals surface area contributed by atoms with Gasteiger partial charge in [-0.1, -0.05) is 38.1 Å². The number of ether oxygens (including phenoxy) is 1. The number of esters is 1. The molecule has 0 amide bonds. The zero-order chi connectivity index (χ0) is 17.9. The zero-order valence-corrected chi connectivity index (χ0v) is 14.1. The van der Waals surface area contributed by atoms with E-state index in [4.69, 9.17) is 9.88 Å². The van der Waals surface area contributed by atoms with Crippen LogP contribution < -0.4 is 5.14 Å². The average molecular weight is 351 g/mol. The predicted molar refractivity (Wildman–Crippen MR) is 87.4 cm³/mol. The van der Waals surface area contributed by atoms with Crippen LogP contribution in [0.1, 0.15) is 41.3 Å². The summed E-state index contributed by atoms with van der Waals surface area (Å²) >= 11 is 0. The van der Waals surface area contributed by atoms with Crippen LogP contribution in [0.25, 0.3) is 0 Å². The van der Waals surface area contributed by atoms with Crippen LogP contribution in [0.15, 0.2) is 47.4 Å². The van der Waals surface area contributed by atoms with Crippen LogP contribution in [0.2, 0.25) is 0 Å². The molecule has 7 heteroatoms. The van der Waals surface area contributed by atoms with E-state index >= 15 is 0 Å². The van der Waals surface area contributed by atoms with Crippen LogP contribution in [0.5, 0.6) is 0 Å². The average Bonchev–Trinajstić information content (AvgIpc) is 2.52. The van der Waals surface area contributed by atoms with Crippen molar-refractivity contribution in [3.63, 3.8) is 0 Å². The molecular weight excluding hydrogens is 333 g/mol. The molecule has 5 nitrogen and oxygen atoms in total. The van der Waals surface area contributed by atoms with E-state index in [0.717, 1.165) is 29.3 Å². The molecule has 0 bridgehead atoms. The Morgan fingerprint density at radius 3 is 2.33 bits per heavy atom. The van der Waals surface area contributed by atoms with Gasteiger partial charge >= 0.3 is 5.97 Å². The summed E-state index contributed by atoms with van der Waals surface area (Å²) in [7, 11) is -4.03. The molecule has 2 rings (SSSR count). The Morgan fingerprint density at radius 2 is 1.79 bits per heavy atom. The van der Waals surface area contributed by atoms with E-state index < -0.39 is 27.4 Å². The van der Waals surface area contributed by atoms with Gasteiger partial charge in [0.05, 0.1) is 10.5 Å². The quantitative estimate of drug-likeness (QED) is 0.839. The van der Waals surface area contributed by atoms with Gasteiger partial charge in [-0.05, 0) is 35.2 Å². The first-order valence-corrected chi connectivity index (χ1v) is 8.81. The summed E-state index contributed by atoms with van der Waals surface area (Å²) in [4.78, 5) is 11.6. The second-order valence-corrected chi connectivity index (χ2v) is 7.22. The molecule has 0 aliphatic heterocycles. The Hall–Kier alpha value is -2.25. The first-order chi connectivity index (χ1) is 11.2. The van der Waals surface area contributed by atoms with Crippen molar-refractivity contribution in [3.8, 4) is 0 Å². The normalized spacial score (nSPS) is 11.5. The van der Waals surface area contributed by atoms with Crippen LogP contribution >= 0.6 is 0 Å². The minimum Gasteiger partial charge on any atom is -0.457 e. The lowest BCUT2D eigenvalue weighted by Gasteiger charge is -2.09. The van der Waals surface area contributed by atoms with Gasteiger partial charge in [-0.2, -0.15) is 0 Å². The number of rotatable bonds is 5. The second kappa shape index (κ2) is 7.11. The molecule has 128 valence electrons. The van der Waals surface area contributed by atoms with Crippen molar-refractivity contribution in [2.45, 2.75) is 31.3 Å². The maximum absolute atomic E-state index is 13.7. The molecule has 0 radical (unpaired) electrons. The van der Waals surface area contributed by atoms with Gasteiger partial charge in [-0.15, -0.1) is 0 Å². The molecule has 0 saturated heterocycles. The standard InChI is InChI=1S/C17H18FNO4S/c1-11(2)13-5-3-12(4-6-13)10-23-17(20)15-9-14(24(19,21)22)7-8-16(15)18/h3-9,11H,10H2,1-2H3,(H2,19,21,22). The highest BCUT2D eigenvalue weighted by molar-refractivity contribution is 7.89. The lowest BCUT2D eigenvalue weighted by molar-refractivity contribution is 0.0467. The van der Waals surface area contributed by atoms with Crippen molar-refractivity contribution >= 4 is 16.0 Å². The highest BCUT2D eigenvalue weighted by Gasteiger charge is 2.18. The molecule has 2 N–H and O–H groups in total. The van der Waals surface area contributed by atoms with Crippen molar-refractivity contribution in [1.29, 1.82) is 0 Å². The molecule has 0 aliphatic carbocycles. The third kappa shape index (κ3) is 4.39. The summed E-state index contributed by atoms with van der Waals surface area (Å²) < 4.78 is 41.4. The van der Waals surface area contributed by atoms with Crippen LogP contribution in [0.3, 0.4) is 0 Å². The monoisotopic (exact) mass is 351 g/mol. The largest absolute Gasteiger partial charge is 0.457 e. The molecule has 24 heavy (non-hydrogen) atoms. The Bertz CT molecular complexity index is 845. The Kier molecular flexibility index (Phi) is 5.36. The van der Waals surface area contributed by atoms with Gasteiger partial charge in [-0.3, -0.25) is 0 Å². The number of benzene rings is 2. The minimum atomic E-state index is -4.03. The molecule has 2 aromatic carbocycles. The van der Waals surface area contributed by atoms with E-state index in [1.807, 2.05) is 24.3 Å². The molecule has 0 heterocycles. The molecule has 0 aliphatic rings. The predicted octanol–water partition coefficient (Wildman–Crippen LogP) is 2.95. The third-order valence-corrected chi connectivity index (χ3v) is 4.41. The second-order valence-electron chi connectivity index (χ2n) is 5.66. The molecular formula is C17H18FNO4S. The summed E-state index contributed by atoms with van der Waals surface area (Å²) in [5, 5.41) is 4.98. The summed E-state index contributed by atoms with van der Waals surface area (Å²) in [5.74, 6) is -1.44. The molecule has 0 fully saturated rings. The van der Waals surface area contributed by atoms with Crippen LogP contribution in [0.4, 0.5) is 4.39 Å². The van der Waals surface area contributed by atoms with Crippen molar-refractivity contribution in [1.82, 2.24) is 0 Å². The number of hydrogen-bond donors (Lipinski definition) is 1. The number of hydrogen-bond acceptors (Lipinski definition) is 4. The van der Waals surface area contributed by atoms with Crippen LogP contribution in [-0.4, -0.2) is 14.4 Å². The fourth-order valence-corrected chi connectivity index (χ4v) is 2.60. The van der Waals surface area contributed by atoms with Gasteiger partial charge in [0.25, 0.3) is 0 Å². The number of nitrogens with two attached hydrogens (primary N) is 1. The summed E-state index contributed by atoms with van der Waals surface area (Å²) in [6, 6.07) is 10.2. The van der Waals surface area contributed by atoms with E-state index in [1.165, 1.54) is 0 Å². The van der Waals surface area contributed by atoms with Crippen LogP contribution in [-0.2, 0) is 21.4 Å². The number of halogens is 1. The molecule has 0 unspecified atom stereocenters. The van der Waals surface area contributed by atoms with E-state index in [0.29, 0.717) is 5.92 Å². The van der Waals surface area contributed by atoms with Crippen LogP contribution in [0, 0.1) is 5.82 Å². The lowest BCUT2D eigenvalue weighted by atomic mass is 10.0. The van der Waals surface area contributed by atoms with Crippen molar-refractivity contribution in [3.05, 3.63) is 65.0 Å². The Morgan fingerprint density at radius 1 is 1.17 bits per heavy atom. The van der Waals surface area contributed by atoms with Crippen molar-refractivity contribution in [2.75, 3.05) is 0 Å². The number of primary sulfonamides is 1. The zero-order valence-electron chi connectivity index (χ0n) is 13.3. The van der Waals surface area contributed by atoms with Gasteiger partial charge in [0.2, 0.25) is 10.0 Å². The summed E-state index contributed by atoms with van der Waals surface area (Å²) in [6.07, 6.45) is 0. The highest BCUT2D eigenvalue weighted by atomic mass is 32.2. The van der Waals surface area contributed by atoms with E-state index in [9.17, 15) is 17.6 Å². The summed E-state index contributed by atoms with van der Waals surface area (Å²) in [6.45, 7) is 4.09. The van der Waals surface area contributed by atoms with E-state index in [-0.39, 0.29) is 11.5 Å². The van der Waals surface area contributed by atoms with Gasteiger partial charge in [-0.25, -0.2) is 22.7 Å². The minimum absolute atomic E-state index is 0.0454. The highest BCUT2D eigenvalue weighted by Crippen LogP contribution is 2.17. The van der Waals surface area contributed by atoms with Gasteiger partial charge < -0.3 is 4.74 Å². The first-order valence-electron chi connectivity index (χ1n) is 7.27. The van der Waals surface area contributed by atoms with Gasteiger partial charge in [0, 0.05) is 0 Å². The number of carbonyl (C=O) groups excluding carboxylic acids is 1. The third-order valence-electron chi connectivity index (χ3n) is 3.50. The molecule has 0 saturated carbocycles. The maximum atomic E-state index is 13.7. The Balaban J connectivity index is 2.12. The van der Waals surface area contributed by atoms with E-state index in [2.05, 4.69) is 13.8 Å². The van der Waals surface area contributed by atoms with Crippen molar-refractivity contribution < 1.29 is 22.3 Å². The molecule has 0 atom stereocenters. The number of sulfonamides is 1. The summed E-state index contributed by atoms with van der Waals surface area (Å²) in [5.41, 5.74) is 1.42. The maximum Gasteiger partial charge on any atom is 0.341 e. The SMILES string of the molecule is CC(C)c1ccc(COC(=O)c2cc(S(N)(=O)=O)ccc2F)cc1. The first kappa shape index (κ1) is 18.1. The molecule has 0 spiro atoms. The fourth-order valence-electron chi connectivity index (χ4n) is 2.06. The fraction of sp³-hybridized carbons (Fsp3) is 0.235.